The monoisotopic (exact) mass is 292 g/mol. The number of carbonyl (C=O) groups excluding carboxylic acids is 2. The van der Waals surface area contributed by atoms with Gasteiger partial charge in [-0.1, -0.05) is 13.8 Å². The molecule has 1 saturated heterocycles. The van der Waals surface area contributed by atoms with Crippen molar-refractivity contribution in [1.29, 1.82) is 0 Å². The van der Waals surface area contributed by atoms with E-state index in [1.54, 1.807) is 0 Å². The van der Waals surface area contributed by atoms with E-state index < -0.39 is 17.9 Å². The predicted octanol–water partition coefficient (Wildman–Crippen LogP) is 0.467. The molecule has 2 N–H and O–H groups in total. The molecular formula is C13H16N4O4. The summed E-state index contributed by atoms with van der Waals surface area (Å²) >= 11 is 0. The van der Waals surface area contributed by atoms with Crippen LogP contribution in [0.1, 0.15) is 42.5 Å². The van der Waals surface area contributed by atoms with Crippen molar-refractivity contribution in [2.75, 3.05) is 12.4 Å². The Hall–Kier alpha value is -2.51. The summed E-state index contributed by atoms with van der Waals surface area (Å²) in [4.78, 5) is 43.7. The van der Waals surface area contributed by atoms with Crippen LogP contribution >= 0.6 is 0 Å². The van der Waals surface area contributed by atoms with Gasteiger partial charge < -0.3 is 10.4 Å². The zero-order chi connectivity index (χ0) is 15.7. The third-order valence-corrected chi connectivity index (χ3v) is 3.24. The molecule has 2 rings (SSSR count). The lowest BCUT2D eigenvalue weighted by molar-refractivity contribution is -0.136. The first-order valence-electron chi connectivity index (χ1n) is 6.48. The minimum absolute atomic E-state index is 0.0136. The summed E-state index contributed by atoms with van der Waals surface area (Å²) in [5, 5.41) is 12.0. The molecule has 21 heavy (non-hydrogen) atoms. The molecule has 8 heteroatoms. The highest BCUT2D eigenvalue weighted by atomic mass is 16.4. The number of carboxylic acid groups (broad SMARTS) is 1. The van der Waals surface area contributed by atoms with Gasteiger partial charge in [-0.3, -0.25) is 14.5 Å². The van der Waals surface area contributed by atoms with E-state index in [9.17, 15) is 19.5 Å². The van der Waals surface area contributed by atoms with Gasteiger partial charge >= 0.3 is 5.97 Å². The molecule has 112 valence electrons. The summed E-state index contributed by atoms with van der Waals surface area (Å²) in [6.45, 7) is 3.70. The van der Waals surface area contributed by atoms with Crippen LogP contribution in [0.3, 0.4) is 0 Å². The summed E-state index contributed by atoms with van der Waals surface area (Å²) in [7, 11) is 1.39. The van der Waals surface area contributed by atoms with Gasteiger partial charge in [0.2, 0.25) is 5.91 Å². The largest absolute Gasteiger partial charge is 0.476 e. The number of aromatic carboxylic acids is 1. The number of carbonyl (C=O) groups is 3. The predicted molar refractivity (Wildman–Crippen MR) is 72.9 cm³/mol. The number of imide groups is 1. The number of nitrogens with zero attached hydrogens (tertiary/aromatic N) is 3. The lowest BCUT2D eigenvalue weighted by atomic mass is 10.2. The van der Waals surface area contributed by atoms with E-state index >= 15 is 0 Å². The third kappa shape index (κ3) is 2.83. The average molecular weight is 292 g/mol. The second-order valence-electron chi connectivity index (χ2n) is 5.14. The first-order chi connectivity index (χ1) is 9.81. The molecule has 0 saturated carbocycles. The Kier molecular flexibility index (Phi) is 3.88. The molecule has 0 spiro atoms. The van der Waals surface area contributed by atoms with Crippen LogP contribution in [0.2, 0.25) is 0 Å². The second kappa shape index (κ2) is 5.47. The Bertz CT molecular complexity index is 614. The highest BCUT2D eigenvalue weighted by molar-refractivity contribution is 6.07. The average Bonchev–Trinajstić information content (AvgIpc) is 2.66. The Morgan fingerprint density at radius 2 is 2.14 bits per heavy atom. The second-order valence-corrected chi connectivity index (χ2v) is 5.14. The standard InChI is InChI=1S/C13H16N4O4/c1-6(2)11-14-5-8(10(16-11)13(20)21)15-7-4-9(18)17(3)12(7)19/h5-7,15H,4H2,1-3H3,(H,20,21). The SMILES string of the molecule is CC(C)c1ncc(NC2CC(=O)N(C)C2=O)c(C(=O)O)n1. The topological polar surface area (TPSA) is 112 Å². The number of hydrogen-bond donors (Lipinski definition) is 2. The molecule has 1 aliphatic rings. The molecule has 1 atom stereocenters. The van der Waals surface area contributed by atoms with E-state index in [0.717, 1.165) is 4.90 Å². The lowest BCUT2D eigenvalue weighted by Crippen LogP contribution is -2.32. The quantitative estimate of drug-likeness (QED) is 0.775. The van der Waals surface area contributed by atoms with Gasteiger partial charge in [-0.15, -0.1) is 0 Å². The van der Waals surface area contributed by atoms with Gasteiger partial charge in [0.25, 0.3) is 5.91 Å². The first kappa shape index (κ1) is 14.9. The molecule has 1 aliphatic heterocycles. The van der Waals surface area contributed by atoms with Gasteiger partial charge in [-0.2, -0.15) is 0 Å². The van der Waals surface area contributed by atoms with Crippen LogP contribution < -0.4 is 5.32 Å². The van der Waals surface area contributed by atoms with Gasteiger partial charge in [0, 0.05) is 13.0 Å². The molecule has 2 amide bonds. The van der Waals surface area contributed by atoms with E-state index in [1.165, 1.54) is 13.2 Å². The maximum Gasteiger partial charge on any atom is 0.356 e. The van der Waals surface area contributed by atoms with Crippen molar-refractivity contribution in [3.63, 3.8) is 0 Å². The summed E-state index contributed by atoms with van der Waals surface area (Å²) in [6, 6.07) is -0.783. The minimum atomic E-state index is -1.22. The number of rotatable bonds is 4. The summed E-state index contributed by atoms with van der Waals surface area (Å²) in [6.07, 6.45) is 1.32. The van der Waals surface area contributed by atoms with E-state index in [1.807, 2.05) is 13.8 Å². The third-order valence-electron chi connectivity index (χ3n) is 3.24. The van der Waals surface area contributed by atoms with Crippen LogP contribution in [0.25, 0.3) is 0 Å². The van der Waals surface area contributed by atoms with Crippen molar-refractivity contribution in [2.45, 2.75) is 32.2 Å². The van der Waals surface area contributed by atoms with E-state index in [4.69, 9.17) is 0 Å². The maximum atomic E-state index is 11.8. The van der Waals surface area contributed by atoms with Crippen molar-refractivity contribution in [1.82, 2.24) is 14.9 Å². The number of amides is 2. The molecule has 1 unspecified atom stereocenters. The molecule has 1 aromatic heterocycles. The lowest BCUT2D eigenvalue weighted by Gasteiger charge is -2.14. The molecule has 0 aromatic carbocycles. The van der Waals surface area contributed by atoms with Crippen LogP contribution in [0.5, 0.6) is 0 Å². The normalized spacial score (nSPS) is 18.5. The fourth-order valence-electron chi connectivity index (χ4n) is 2.00. The Balaban J connectivity index is 2.30. The Labute approximate surface area is 121 Å². The van der Waals surface area contributed by atoms with E-state index in [2.05, 4.69) is 15.3 Å². The van der Waals surface area contributed by atoms with Crippen molar-refractivity contribution < 1.29 is 19.5 Å². The van der Waals surface area contributed by atoms with Crippen LogP contribution in [-0.4, -0.2) is 50.8 Å². The van der Waals surface area contributed by atoms with E-state index in [-0.39, 0.29) is 29.6 Å². The zero-order valence-electron chi connectivity index (χ0n) is 12.0. The van der Waals surface area contributed by atoms with Crippen molar-refractivity contribution in [3.05, 3.63) is 17.7 Å². The van der Waals surface area contributed by atoms with Gasteiger partial charge in [-0.25, -0.2) is 14.8 Å². The van der Waals surface area contributed by atoms with Crippen LogP contribution in [0.15, 0.2) is 6.20 Å². The smallest absolute Gasteiger partial charge is 0.356 e. The van der Waals surface area contributed by atoms with Crippen molar-refractivity contribution in [2.24, 2.45) is 0 Å². The van der Waals surface area contributed by atoms with Crippen molar-refractivity contribution in [3.8, 4) is 0 Å². The molecule has 2 heterocycles. The minimum Gasteiger partial charge on any atom is -0.476 e. The van der Waals surface area contributed by atoms with Gasteiger partial charge in [0.15, 0.2) is 5.69 Å². The van der Waals surface area contributed by atoms with Crippen LogP contribution in [-0.2, 0) is 9.59 Å². The molecule has 0 radical (unpaired) electrons. The molecule has 1 fully saturated rings. The number of aromatic nitrogens is 2. The van der Waals surface area contributed by atoms with Crippen LogP contribution in [0, 0.1) is 0 Å². The number of nitrogens with one attached hydrogen (secondary N) is 1. The van der Waals surface area contributed by atoms with Gasteiger partial charge in [0.05, 0.1) is 18.3 Å². The molecule has 8 nitrogen and oxygen atoms in total. The molecule has 1 aromatic rings. The van der Waals surface area contributed by atoms with Gasteiger partial charge in [-0.05, 0) is 0 Å². The Morgan fingerprint density at radius 1 is 1.48 bits per heavy atom. The van der Waals surface area contributed by atoms with Gasteiger partial charge in [0.1, 0.15) is 11.9 Å². The Morgan fingerprint density at radius 3 is 2.62 bits per heavy atom. The van der Waals surface area contributed by atoms with E-state index in [0.29, 0.717) is 5.82 Å². The zero-order valence-corrected chi connectivity index (χ0v) is 12.0. The maximum absolute atomic E-state index is 11.8. The molecular weight excluding hydrogens is 276 g/mol. The fraction of sp³-hybridized carbons (Fsp3) is 0.462. The number of carboxylic acids is 1. The summed E-state index contributed by atoms with van der Waals surface area (Å²) in [5.74, 6) is -1.54. The fourth-order valence-corrected chi connectivity index (χ4v) is 2.00. The highest BCUT2D eigenvalue weighted by Gasteiger charge is 2.36. The number of anilines is 1. The first-order valence-corrected chi connectivity index (χ1v) is 6.48. The van der Waals surface area contributed by atoms with Crippen LogP contribution in [0.4, 0.5) is 5.69 Å². The number of hydrogen-bond acceptors (Lipinski definition) is 6. The molecule has 0 aliphatic carbocycles. The summed E-state index contributed by atoms with van der Waals surface area (Å²) in [5.41, 5.74) is -0.0724. The summed E-state index contributed by atoms with van der Waals surface area (Å²) < 4.78 is 0. The number of likely N-dealkylation sites (tertiary alicyclic amines) is 1. The molecule has 0 bridgehead atoms. The van der Waals surface area contributed by atoms with Crippen molar-refractivity contribution >= 4 is 23.5 Å². The number of likely N-dealkylation sites (N-methyl/N-ethyl adjacent to an activating group) is 1. The highest BCUT2D eigenvalue weighted by Crippen LogP contribution is 2.21.